The molecule has 0 aliphatic heterocycles. The van der Waals surface area contributed by atoms with E-state index >= 15 is 0 Å². The molecule has 4 nitrogen and oxygen atoms in total. The van der Waals surface area contributed by atoms with Crippen molar-refractivity contribution >= 4 is 30.2 Å². The highest BCUT2D eigenvalue weighted by atomic mass is 35.5. The fourth-order valence-corrected chi connectivity index (χ4v) is 2.95. The highest BCUT2D eigenvalue weighted by Gasteiger charge is 2.38. The highest BCUT2D eigenvalue weighted by molar-refractivity contribution is 7.80. The van der Waals surface area contributed by atoms with Gasteiger partial charge in [0, 0.05) is 19.0 Å². The molecule has 0 unspecified atom stereocenters. The second kappa shape index (κ2) is 5.59. The van der Waals surface area contributed by atoms with E-state index in [4.69, 9.17) is 11.6 Å². The van der Waals surface area contributed by atoms with E-state index in [0.717, 1.165) is 23.1 Å². The Morgan fingerprint density at radius 2 is 1.96 bits per heavy atom. The van der Waals surface area contributed by atoms with Gasteiger partial charge >= 0.3 is 6.18 Å². The smallest absolute Gasteiger partial charge is 0.347 e. The van der Waals surface area contributed by atoms with Crippen molar-refractivity contribution in [1.29, 1.82) is 0 Å². The summed E-state index contributed by atoms with van der Waals surface area (Å²) in [5, 5.41) is 3.91. The molecule has 1 aromatic carbocycles. The number of thiol groups is 1. The van der Waals surface area contributed by atoms with Crippen LogP contribution in [0.5, 0.6) is 0 Å². The number of hydrogen-bond donors (Lipinski definition) is 1. The van der Waals surface area contributed by atoms with E-state index in [0.29, 0.717) is 21.5 Å². The fourth-order valence-electron chi connectivity index (χ4n) is 2.32. The normalized spacial score (nSPS) is 15.1. The van der Waals surface area contributed by atoms with E-state index in [-0.39, 0.29) is 5.95 Å². The molecule has 124 valence electrons. The molecule has 9 heteroatoms. The van der Waals surface area contributed by atoms with Crippen molar-refractivity contribution in [2.24, 2.45) is 0 Å². The second-order valence-electron chi connectivity index (χ2n) is 5.68. The summed E-state index contributed by atoms with van der Waals surface area (Å²) in [6.45, 7) is 0. The molecule has 1 heterocycles. The molecule has 0 saturated heterocycles. The topological polar surface area (TPSA) is 34.0 Å². The molecule has 2 aromatic rings. The number of aromatic nitrogens is 3. The van der Waals surface area contributed by atoms with Gasteiger partial charge in [0.1, 0.15) is 0 Å². The van der Waals surface area contributed by atoms with Crippen LogP contribution in [0.25, 0.3) is 5.69 Å². The van der Waals surface area contributed by atoms with Crippen molar-refractivity contribution in [1.82, 2.24) is 14.8 Å². The molecule has 0 bridgehead atoms. The first-order valence-corrected chi connectivity index (χ1v) is 7.75. The van der Waals surface area contributed by atoms with Gasteiger partial charge in [-0.15, -0.1) is 17.7 Å². The lowest BCUT2D eigenvalue weighted by molar-refractivity contribution is -0.144. The molecule has 1 aliphatic rings. The van der Waals surface area contributed by atoms with E-state index in [1.807, 2.05) is 0 Å². The summed E-state index contributed by atoms with van der Waals surface area (Å²) >= 11 is 10.7. The SMILES string of the molecule is CN(C)c1nc(C(F)(F)F)nn1-c1cc(S)c(C2CC2)cc1Cl. The van der Waals surface area contributed by atoms with Gasteiger partial charge in [0.25, 0.3) is 5.82 Å². The minimum atomic E-state index is -4.62. The number of rotatable bonds is 3. The molecule has 0 amide bonds. The molecule has 1 aromatic heterocycles. The van der Waals surface area contributed by atoms with Crippen LogP contribution >= 0.6 is 24.2 Å². The molecule has 3 rings (SSSR count). The van der Waals surface area contributed by atoms with E-state index in [9.17, 15) is 13.2 Å². The van der Waals surface area contributed by atoms with Gasteiger partial charge in [-0.05, 0) is 36.5 Å². The maximum Gasteiger partial charge on any atom is 0.453 e. The molecule has 1 aliphatic carbocycles. The van der Waals surface area contributed by atoms with Gasteiger partial charge in [0.15, 0.2) is 0 Å². The maximum absolute atomic E-state index is 12.9. The van der Waals surface area contributed by atoms with Crippen LogP contribution in [0.2, 0.25) is 5.02 Å². The van der Waals surface area contributed by atoms with Crippen molar-refractivity contribution < 1.29 is 13.2 Å². The Balaban J connectivity index is 2.14. The van der Waals surface area contributed by atoms with Gasteiger partial charge in [0.05, 0.1) is 10.7 Å². The predicted molar refractivity (Wildman–Crippen MR) is 84.9 cm³/mol. The summed E-state index contributed by atoms with van der Waals surface area (Å²) in [6.07, 6.45) is -2.47. The zero-order valence-corrected chi connectivity index (χ0v) is 14.0. The molecular formula is C14H14ClF3N4S. The zero-order valence-electron chi connectivity index (χ0n) is 12.4. The Bertz CT molecular complexity index is 753. The monoisotopic (exact) mass is 362 g/mol. The van der Waals surface area contributed by atoms with Crippen LogP contribution in [0.3, 0.4) is 0 Å². The average molecular weight is 363 g/mol. The third-order valence-electron chi connectivity index (χ3n) is 3.59. The lowest BCUT2D eigenvalue weighted by Crippen LogP contribution is -2.15. The largest absolute Gasteiger partial charge is 0.453 e. The summed E-state index contributed by atoms with van der Waals surface area (Å²) in [5.41, 5.74) is 1.34. The van der Waals surface area contributed by atoms with Gasteiger partial charge in [-0.3, -0.25) is 0 Å². The van der Waals surface area contributed by atoms with Crippen LogP contribution in [0.1, 0.15) is 30.1 Å². The van der Waals surface area contributed by atoms with Gasteiger partial charge in [0.2, 0.25) is 5.95 Å². The quantitative estimate of drug-likeness (QED) is 0.832. The highest BCUT2D eigenvalue weighted by Crippen LogP contribution is 2.45. The van der Waals surface area contributed by atoms with E-state index in [2.05, 4.69) is 22.7 Å². The lowest BCUT2D eigenvalue weighted by atomic mass is 10.1. The molecule has 0 N–H and O–H groups in total. The summed E-state index contributed by atoms with van der Waals surface area (Å²) in [4.78, 5) is 5.71. The molecule has 23 heavy (non-hydrogen) atoms. The van der Waals surface area contributed by atoms with Gasteiger partial charge in [-0.2, -0.15) is 22.8 Å². The summed E-state index contributed by atoms with van der Waals surface area (Å²) < 4.78 is 39.8. The van der Waals surface area contributed by atoms with Crippen LogP contribution in [-0.4, -0.2) is 28.9 Å². The first-order chi connectivity index (χ1) is 10.7. The Morgan fingerprint density at radius 3 is 2.48 bits per heavy atom. The Labute approximate surface area is 141 Å². The van der Waals surface area contributed by atoms with Crippen molar-refractivity contribution in [3.63, 3.8) is 0 Å². The lowest BCUT2D eigenvalue weighted by Gasteiger charge is -2.15. The molecule has 1 saturated carbocycles. The average Bonchev–Trinajstić information content (AvgIpc) is 3.16. The fraction of sp³-hybridized carbons (Fsp3) is 0.429. The molecule has 0 radical (unpaired) electrons. The summed E-state index contributed by atoms with van der Waals surface area (Å²) in [7, 11) is 3.18. The number of benzene rings is 1. The first kappa shape index (κ1) is 16.4. The van der Waals surface area contributed by atoms with Gasteiger partial charge < -0.3 is 4.90 Å². The first-order valence-electron chi connectivity index (χ1n) is 6.93. The predicted octanol–water partition coefficient (Wildman–Crippen LogP) is 4.17. The van der Waals surface area contributed by atoms with Crippen LogP contribution in [0.15, 0.2) is 17.0 Å². The van der Waals surface area contributed by atoms with Gasteiger partial charge in [-0.1, -0.05) is 11.6 Å². The summed E-state index contributed by atoms with van der Waals surface area (Å²) in [5.74, 6) is -0.723. The molecule has 0 spiro atoms. The minimum Gasteiger partial charge on any atom is -0.347 e. The summed E-state index contributed by atoms with van der Waals surface area (Å²) in [6, 6.07) is 3.40. The van der Waals surface area contributed by atoms with Crippen LogP contribution in [0, 0.1) is 0 Å². The van der Waals surface area contributed by atoms with Crippen molar-refractivity contribution in [2.75, 3.05) is 19.0 Å². The van der Waals surface area contributed by atoms with Crippen LogP contribution < -0.4 is 4.90 Å². The van der Waals surface area contributed by atoms with E-state index in [1.165, 1.54) is 4.90 Å². The Hall–Kier alpha value is -1.41. The third kappa shape index (κ3) is 3.14. The van der Waals surface area contributed by atoms with E-state index < -0.39 is 12.0 Å². The van der Waals surface area contributed by atoms with Crippen molar-refractivity contribution in [2.45, 2.75) is 29.8 Å². The van der Waals surface area contributed by atoms with Crippen LogP contribution in [0.4, 0.5) is 19.1 Å². The molecular weight excluding hydrogens is 349 g/mol. The minimum absolute atomic E-state index is 0.0473. The van der Waals surface area contributed by atoms with Crippen molar-refractivity contribution in [3.05, 3.63) is 28.5 Å². The number of anilines is 1. The zero-order chi connectivity index (χ0) is 16.9. The maximum atomic E-state index is 12.9. The standard InChI is InChI=1S/C14H14ClF3N4S/c1-21(2)13-19-12(14(16,17)18)20-22(13)10-6-11(23)8(5-9(10)15)7-3-4-7/h5-7,23H,3-4H2,1-2H3. The number of nitrogens with zero attached hydrogens (tertiary/aromatic N) is 4. The number of halogens is 4. The van der Waals surface area contributed by atoms with Crippen molar-refractivity contribution in [3.8, 4) is 5.69 Å². The molecule has 1 fully saturated rings. The molecule has 0 atom stereocenters. The van der Waals surface area contributed by atoms with Crippen LogP contribution in [-0.2, 0) is 6.18 Å². The second-order valence-corrected chi connectivity index (χ2v) is 6.57. The Kier molecular flexibility index (Phi) is 4.00. The van der Waals surface area contributed by atoms with E-state index in [1.54, 1.807) is 26.2 Å². The van der Waals surface area contributed by atoms with Gasteiger partial charge in [-0.25, -0.2) is 0 Å². The Morgan fingerprint density at radius 1 is 1.30 bits per heavy atom. The number of hydrogen-bond acceptors (Lipinski definition) is 4. The number of alkyl halides is 3. The third-order valence-corrected chi connectivity index (χ3v) is 4.28.